The average molecular weight is 315 g/mol. The lowest BCUT2D eigenvalue weighted by atomic mass is 9.88. The molecule has 1 aromatic heterocycles. The Hall–Kier alpha value is -2.32. The van der Waals surface area contributed by atoms with Crippen LogP contribution in [0, 0.1) is 23.1 Å². The van der Waals surface area contributed by atoms with Crippen LogP contribution >= 0.6 is 11.3 Å². The molecule has 0 radical (unpaired) electrons. The number of rotatable bonds is 6. The molecule has 0 aliphatic carbocycles. The van der Waals surface area contributed by atoms with Crippen molar-refractivity contribution < 1.29 is 14.0 Å². The summed E-state index contributed by atoms with van der Waals surface area (Å²) in [7, 11) is 0. The van der Waals surface area contributed by atoms with E-state index in [0.29, 0.717) is 5.56 Å². The SMILES string of the molecule is C[C@H](CC(=O)[C@H](C#N)C(=O)c1ccsc1)c1ccc(F)cc1. The highest BCUT2D eigenvalue weighted by Crippen LogP contribution is 2.23. The molecular formula is C17H14FNO2S. The van der Waals surface area contributed by atoms with Crippen LogP contribution in [-0.2, 0) is 4.79 Å². The molecule has 0 bridgehead atoms. The van der Waals surface area contributed by atoms with E-state index >= 15 is 0 Å². The summed E-state index contributed by atoms with van der Waals surface area (Å²) in [6.45, 7) is 1.81. The third-order valence-corrected chi connectivity index (χ3v) is 4.15. The maximum atomic E-state index is 12.9. The molecule has 0 unspecified atom stereocenters. The molecule has 22 heavy (non-hydrogen) atoms. The van der Waals surface area contributed by atoms with E-state index in [9.17, 15) is 14.0 Å². The van der Waals surface area contributed by atoms with Crippen molar-refractivity contribution in [1.82, 2.24) is 0 Å². The summed E-state index contributed by atoms with van der Waals surface area (Å²) in [6.07, 6.45) is 0.0692. The van der Waals surface area contributed by atoms with E-state index in [2.05, 4.69) is 0 Å². The fraction of sp³-hybridized carbons (Fsp3) is 0.235. The Morgan fingerprint density at radius 2 is 1.95 bits per heavy atom. The number of carbonyl (C=O) groups is 2. The summed E-state index contributed by atoms with van der Waals surface area (Å²) in [5.41, 5.74) is 1.19. The van der Waals surface area contributed by atoms with Gasteiger partial charge in [0, 0.05) is 17.4 Å². The van der Waals surface area contributed by atoms with Gasteiger partial charge in [-0.05, 0) is 35.1 Å². The maximum absolute atomic E-state index is 12.9. The Labute approximate surface area is 132 Å². The van der Waals surface area contributed by atoms with Crippen molar-refractivity contribution in [3.8, 4) is 6.07 Å². The van der Waals surface area contributed by atoms with Crippen LogP contribution in [0.1, 0.15) is 35.2 Å². The van der Waals surface area contributed by atoms with E-state index in [-0.39, 0.29) is 18.2 Å². The first-order valence-electron chi connectivity index (χ1n) is 6.77. The molecule has 2 aromatic rings. The second kappa shape index (κ2) is 7.10. The lowest BCUT2D eigenvalue weighted by Crippen LogP contribution is -2.23. The standard InChI is InChI=1S/C17H14FNO2S/c1-11(12-2-4-14(18)5-3-12)8-16(20)15(9-19)17(21)13-6-7-22-10-13/h2-7,10-11,15H,8H2,1H3/t11-,15+/m1/s1. The second-order valence-corrected chi connectivity index (χ2v) is 5.84. The van der Waals surface area contributed by atoms with Crippen LogP contribution in [0.3, 0.4) is 0 Å². The quantitative estimate of drug-likeness (QED) is 0.598. The molecule has 0 saturated heterocycles. The minimum Gasteiger partial charge on any atom is -0.298 e. The lowest BCUT2D eigenvalue weighted by Gasteiger charge is -2.13. The number of ketones is 2. The van der Waals surface area contributed by atoms with Gasteiger partial charge in [-0.2, -0.15) is 16.6 Å². The number of Topliss-reactive ketones (excluding diaryl/α,β-unsaturated/α-hetero) is 2. The van der Waals surface area contributed by atoms with Crippen molar-refractivity contribution in [2.75, 3.05) is 0 Å². The second-order valence-electron chi connectivity index (χ2n) is 5.06. The van der Waals surface area contributed by atoms with Gasteiger partial charge in [-0.15, -0.1) is 0 Å². The zero-order chi connectivity index (χ0) is 16.1. The molecule has 0 aliphatic rings. The minimum absolute atomic E-state index is 0.0692. The van der Waals surface area contributed by atoms with E-state index in [1.807, 2.05) is 6.92 Å². The molecular weight excluding hydrogens is 301 g/mol. The normalized spacial score (nSPS) is 13.1. The Balaban J connectivity index is 2.08. The van der Waals surface area contributed by atoms with Gasteiger partial charge in [0.05, 0.1) is 6.07 Å². The Bertz CT molecular complexity index is 701. The van der Waals surface area contributed by atoms with Crippen LogP contribution < -0.4 is 0 Å². The molecule has 1 aromatic carbocycles. The summed E-state index contributed by atoms with van der Waals surface area (Å²) in [5.74, 6) is -2.67. The van der Waals surface area contributed by atoms with Crippen LogP contribution in [0.5, 0.6) is 0 Å². The van der Waals surface area contributed by atoms with Gasteiger partial charge in [0.1, 0.15) is 5.82 Å². The molecule has 112 valence electrons. The molecule has 0 N–H and O–H groups in total. The van der Waals surface area contributed by atoms with Gasteiger partial charge in [0.2, 0.25) is 0 Å². The Morgan fingerprint density at radius 3 is 2.50 bits per heavy atom. The average Bonchev–Trinajstić information content (AvgIpc) is 3.02. The van der Waals surface area contributed by atoms with E-state index in [1.54, 1.807) is 35.0 Å². The van der Waals surface area contributed by atoms with Crippen LogP contribution in [0.4, 0.5) is 4.39 Å². The van der Waals surface area contributed by atoms with Gasteiger partial charge >= 0.3 is 0 Å². The van der Waals surface area contributed by atoms with E-state index in [1.165, 1.54) is 23.5 Å². The van der Waals surface area contributed by atoms with Gasteiger partial charge in [-0.1, -0.05) is 19.1 Å². The van der Waals surface area contributed by atoms with Crippen LogP contribution in [0.2, 0.25) is 0 Å². The number of nitrogens with zero attached hydrogens (tertiary/aromatic N) is 1. The van der Waals surface area contributed by atoms with Gasteiger partial charge in [0.15, 0.2) is 17.5 Å². The number of hydrogen-bond acceptors (Lipinski definition) is 4. The van der Waals surface area contributed by atoms with Crippen molar-refractivity contribution in [2.45, 2.75) is 19.3 Å². The van der Waals surface area contributed by atoms with Crippen molar-refractivity contribution in [3.63, 3.8) is 0 Å². The topological polar surface area (TPSA) is 57.9 Å². The zero-order valence-electron chi connectivity index (χ0n) is 12.0. The molecule has 0 amide bonds. The number of hydrogen-bond donors (Lipinski definition) is 0. The predicted molar refractivity (Wildman–Crippen MR) is 82.2 cm³/mol. The van der Waals surface area contributed by atoms with Crippen LogP contribution in [-0.4, -0.2) is 11.6 Å². The first-order valence-corrected chi connectivity index (χ1v) is 7.71. The van der Waals surface area contributed by atoms with Gasteiger partial charge in [-0.3, -0.25) is 9.59 Å². The van der Waals surface area contributed by atoms with Crippen molar-refractivity contribution in [2.24, 2.45) is 5.92 Å². The van der Waals surface area contributed by atoms with Crippen molar-refractivity contribution in [3.05, 3.63) is 58.0 Å². The van der Waals surface area contributed by atoms with Gasteiger partial charge < -0.3 is 0 Å². The number of carbonyl (C=O) groups excluding carboxylic acids is 2. The highest BCUT2D eigenvalue weighted by Gasteiger charge is 2.28. The van der Waals surface area contributed by atoms with Crippen LogP contribution in [0.25, 0.3) is 0 Å². The summed E-state index contributed by atoms with van der Waals surface area (Å²) in [6, 6.07) is 9.28. The highest BCUT2D eigenvalue weighted by atomic mass is 32.1. The van der Waals surface area contributed by atoms with Gasteiger partial charge in [0.25, 0.3) is 0 Å². The largest absolute Gasteiger partial charge is 0.298 e. The van der Waals surface area contributed by atoms with Crippen molar-refractivity contribution in [1.29, 1.82) is 5.26 Å². The third kappa shape index (κ3) is 3.66. The third-order valence-electron chi connectivity index (χ3n) is 3.47. The molecule has 0 spiro atoms. The maximum Gasteiger partial charge on any atom is 0.188 e. The molecule has 3 nitrogen and oxygen atoms in total. The van der Waals surface area contributed by atoms with E-state index in [4.69, 9.17) is 5.26 Å². The summed E-state index contributed by atoms with van der Waals surface area (Å²) in [5, 5.41) is 12.5. The first kappa shape index (κ1) is 16.1. The fourth-order valence-corrected chi connectivity index (χ4v) is 2.82. The molecule has 0 aliphatic heterocycles. The van der Waals surface area contributed by atoms with E-state index < -0.39 is 17.5 Å². The summed E-state index contributed by atoms with van der Waals surface area (Å²) in [4.78, 5) is 24.4. The highest BCUT2D eigenvalue weighted by molar-refractivity contribution is 7.08. The van der Waals surface area contributed by atoms with Crippen LogP contribution in [0.15, 0.2) is 41.1 Å². The van der Waals surface area contributed by atoms with Crippen molar-refractivity contribution >= 4 is 22.9 Å². The summed E-state index contributed by atoms with van der Waals surface area (Å²) < 4.78 is 12.9. The number of nitriles is 1. The molecule has 2 atom stereocenters. The van der Waals surface area contributed by atoms with Gasteiger partial charge in [-0.25, -0.2) is 4.39 Å². The predicted octanol–water partition coefficient (Wildman–Crippen LogP) is 3.97. The first-order chi connectivity index (χ1) is 10.5. The lowest BCUT2D eigenvalue weighted by molar-refractivity contribution is -0.120. The minimum atomic E-state index is -1.28. The fourth-order valence-electron chi connectivity index (χ4n) is 2.18. The molecule has 0 saturated carbocycles. The number of benzene rings is 1. The Morgan fingerprint density at radius 1 is 1.27 bits per heavy atom. The zero-order valence-corrected chi connectivity index (χ0v) is 12.8. The monoisotopic (exact) mass is 315 g/mol. The molecule has 5 heteroatoms. The number of halogens is 1. The number of thiophene rings is 1. The molecule has 2 rings (SSSR count). The smallest absolute Gasteiger partial charge is 0.188 e. The molecule has 1 heterocycles. The summed E-state index contributed by atoms with van der Waals surface area (Å²) >= 11 is 1.34. The Kier molecular flexibility index (Phi) is 5.18. The van der Waals surface area contributed by atoms with E-state index in [0.717, 1.165) is 5.56 Å². The molecule has 0 fully saturated rings.